The second-order valence-corrected chi connectivity index (χ2v) is 5.48. The van der Waals surface area contributed by atoms with Gasteiger partial charge in [-0.05, 0) is 22.0 Å². The molecular weight excluding hydrogens is 326 g/mol. The third-order valence-corrected chi connectivity index (χ3v) is 3.55. The number of morpholine rings is 1. The molecular formula is C12H14BrN5O2. The van der Waals surface area contributed by atoms with Crippen LogP contribution in [0.1, 0.15) is 0 Å². The second-order valence-electron chi connectivity index (χ2n) is 4.56. The van der Waals surface area contributed by atoms with E-state index < -0.39 is 0 Å². The van der Waals surface area contributed by atoms with E-state index in [1.165, 1.54) is 0 Å². The van der Waals surface area contributed by atoms with Crippen molar-refractivity contribution in [3.05, 3.63) is 16.7 Å². The molecule has 0 spiro atoms. The van der Waals surface area contributed by atoms with Crippen LogP contribution in [-0.2, 0) is 9.53 Å². The van der Waals surface area contributed by atoms with Gasteiger partial charge in [0.1, 0.15) is 5.82 Å². The number of ether oxygens (including phenoxy) is 1. The van der Waals surface area contributed by atoms with Crippen molar-refractivity contribution in [3.8, 4) is 0 Å². The van der Waals surface area contributed by atoms with Gasteiger partial charge in [-0.3, -0.25) is 14.8 Å². The Hall–Kier alpha value is -1.51. The number of H-pyrrole nitrogens is 1. The van der Waals surface area contributed by atoms with E-state index in [-0.39, 0.29) is 5.91 Å². The van der Waals surface area contributed by atoms with Crippen molar-refractivity contribution in [3.63, 3.8) is 0 Å². The number of halogens is 1. The summed E-state index contributed by atoms with van der Waals surface area (Å²) in [6.45, 7) is 3.27. The Balaban J connectivity index is 1.69. The van der Waals surface area contributed by atoms with E-state index >= 15 is 0 Å². The molecule has 2 aromatic rings. The molecule has 2 N–H and O–H groups in total. The molecule has 0 unspecified atom stereocenters. The average Bonchev–Trinajstić information content (AvgIpc) is 2.82. The van der Waals surface area contributed by atoms with Crippen LogP contribution in [0.3, 0.4) is 0 Å². The van der Waals surface area contributed by atoms with Crippen LogP contribution >= 0.6 is 15.9 Å². The number of aromatic amines is 1. The lowest BCUT2D eigenvalue weighted by Crippen LogP contribution is -2.41. The van der Waals surface area contributed by atoms with Gasteiger partial charge < -0.3 is 10.1 Å². The molecule has 0 bridgehead atoms. The number of pyridine rings is 1. The topological polar surface area (TPSA) is 83.1 Å². The van der Waals surface area contributed by atoms with Gasteiger partial charge in [-0.15, -0.1) is 0 Å². The molecule has 0 aliphatic carbocycles. The number of fused-ring (bicyclic) bond motifs is 1. The summed E-state index contributed by atoms with van der Waals surface area (Å²) < 4.78 is 6.10. The molecule has 0 saturated carbocycles. The smallest absolute Gasteiger partial charge is 0.239 e. The summed E-state index contributed by atoms with van der Waals surface area (Å²) in [6, 6.07) is 1.87. The molecule has 0 radical (unpaired) electrons. The zero-order valence-corrected chi connectivity index (χ0v) is 12.3. The highest BCUT2D eigenvalue weighted by Gasteiger charge is 2.16. The van der Waals surface area contributed by atoms with Gasteiger partial charge in [0, 0.05) is 23.8 Å². The van der Waals surface area contributed by atoms with Gasteiger partial charge in [0.25, 0.3) is 0 Å². The minimum Gasteiger partial charge on any atom is -0.379 e. The summed E-state index contributed by atoms with van der Waals surface area (Å²) in [4.78, 5) is 18.3. The SMILES string of the molecule is O=C(CN1CCOCC1)Nc1[nH]nc2ncc(Br)cc12. The summed E-state index contributed by atoms with van der Waals surface area (Å²) in [7, 11) is 0. The van der Waals surface area contributed by atoms with Gasteiger partial charge in [0.15, 0.2) is 5.65 Å². The summed E-state index contributed by atoms with van der Waals surface area (Å²) in [6.07, 6.45) is 1.67. The summed E-state index contributed by atoms with van der Waals surface area (Å²) in [5.41, 5.74) is 0.579. The Kier molecular flexibility index (Phi) is 3.95. The number of carbonyl (C=O) groups is 1. The number of rotatable bonds is 3. The highest BCUT2D eigenvalue weighted by atomic mass is 79.9. The fourth-order valence-corrected chi connectivity index (χ4v) is 2.44. The molecule has 0 aromatic carbocycles. The predicted octanol–water partition coefficient (Wildman–Crippen LogP) is 0.991. The number of nitrogens with zero attached hydrogens (tertiary/aromatic N) is 3. The van der Waals surface area contributed by atoms with Crippen LogP contribution in [0.5, 0.6) is 0 Å². The Labute approximate surface area is 123 Å². The van der Waals surface area contributed by atoms with Crippen molar-refractivity contribution in [2.45, 2.75) is 0 Å². The van der Waals surface area contributed by atoms with Crippen LogP contribution in [0, 0.1) is 0 Å². The molecule has 1 aliphatic heterocycles. The van der Waals surface area contributed by atoms with Crippen molar-refractivity contribution in [1.82, 2.24) is 20.1 Å². The standard InChI is InChI=1S/C12H14BrN5O2/c13-8-5-9-11(14-6-8)16-17-12(9)15-10(19)7-18-1-3-20-4-2-18/h5-6H,1-4,7H2,(H2,14,15,16,17,19). The third kappa shape index (κ3) is 2.97. The van der Waals surface area contributed by atoms with Crippen LogP contribution in [0.2, 0.25) is 0 Å². The minimum absolute atomic E-state index is 0.0718. The number of anilines is 1. The molecule has 106 valence electrons. The van der Waals surface area contributed by atoms with Gasteiger partial charge in [-0.1, -0.05) is 0 Å². The second kappa shape index (κ2) is 5.86. The average molecular weight is 340 g/mol. The predicted molar refractivity (Wildman–Crippen MR) is 77.5 cm³/mol. The highest BCUT2D eigenvalue weighted by molar-refractivity contribution is 9.10. The molecule has 1 saturated heterocycles. The van der Waals surface area contributed by atoms with E-state index in [1.807, 2.05) is 6.07 Å². The molecule has 1 amide bonds. The summed E-state index contributed by atoms with van der Waals surface area (Å²) in [5, 5.41) is 10.5. The van der Waals surface area contributed by atoms with Crippen molar-refractivity contribution >= 4 is 38.7 Å². The number of carbonyl (C=O) groups excluding carboxylic acids is 1. The van der Waals surface area contributed by atoms with E-state index in [4.69, 9.17) is 4.74 Å². The van der Waals surface area contributed by atoms with Gasteiger partial charge in [0.2, 0.25) is 5.91 Å². The number of amides is 1. The molecule has 0 atom stereocenters. The van der Waals surface area contributed by atoms with Gasteiger partial charge in [0.05, 0.1) is 25.1 Å². The van der Waals surface area contributed by atoms with Crippen LogP contribution in [0.4, 0.5) is 5.82 Å². The van der Waals surface area contributed by atoms with E-state index in [0.29, 0.717) is 31.2 Å². The van der Waals surface area contributed by atoms with Crippen molar-refractivity contribution in [1.29, 1.82) is 0 Å². The maximum absolute atomic E-state index is 12.0. The zero-order chi connectivity index (χ0) is 13.9. The lowest BCUT2D eigenvalue weighted by Gasteiger charge is -2.25. The van der Waals surface area contributed by atoms with E-state index in [2.05, 4.69) is 41.3 Å². The molecule has 20 heavy (non-hydrogen) atoms. The fourth-order valence-electron chi connectivity index (χ4n) is 2.11. The number of nitrogens with one attached hydrogen (secondary N) is 2. The summed E-state index contributed by atoms with van der Waals surface area (Å²) in [5.74, 6) is 0.504. The molecule has 1 fully saturated rings. The van der Waals surface area contributed by atoms with Crippen LogP contribution in [-0.4, -0.2) is 58.8 Å². The summed E-state index contributed by atoms with van der Waals surface area (Å²) >= 11 is 3.36. The van der Waals surface area contributed by atoms with Crippen LogP contribution in [0.25, 0.3) is 11.0 Å². The Morgan fingerprint density at radius 1 is 1.50 bits per heavy atom. The number of hydrogen-bond donors (Lipinski definition) is 2. The van der Waals surface area contributed by atoms with E-state index in [1.54, 1.807) is 6.20 Å². The van der Waals surface area contributed by atoms with Gasteiger partial charge in [-0.25, -0.2) is 4.98 Å². The Morgan fingerprint density at radius 2 is 2.30 bits per heavy atom. The molecule has 2 aromatic heterocycles. The molecule has 1 aliphatic rings. The number of hydrogen-bond acceptors (Lipinski definition) is 5. The van der Waals surface area contributed by atoms with Crippen LogP contribution < -0.4 is 5.32 Å². The maximum Gasteiger partial charge on any atom is 0.239 e. The minimum atomic E-state index is -0.0718. The van der Waals surface area contributed by atoms with Crippen molar-refractivity contribution in [2.75, 3.05) is 38.2 Å². The van der Waals surface area contributed by atoms with E-state index in [9.17, 15) is 4.79 Å². The van der Waals surface area contributed by atoms with Gasteiger partial charge in [-0.2, -0.15) is 5.10 Å². The molecule has 7 nitrogen and oxygen atoms in total. The quantitative estimate of drug-likeness (QED) is 0.871. The van der Waals surface area contributed by atoms with E-state index in [0.717, 1.165) is 22.9 Å². The first-order chi connectivity index (χ1) is 9.72. The monoisotopic (exact) mass is 339 g/mol. The molecule has 3 rings (SSSR count). The fraction of sp³-hybridized carbons (Fsp3) is 0.417. The van der Waals surface area contributed by atoms with Gasteiger partial charge >= 0.3 is 0 Å². The third-order valence-electron chi connectivity index (χ3n) is 3.11. The highest BCUT2D eigenvalue weighted by Crippen LogP contribution is 2.22. The maximum atomic E-state index is 12.0. The first kappa shape index (κ1) is 13.5. The Bertz CT molecular complexity index is 623. The lowest BCUT2D eigenvalue weighted by atomic mass is 10.3. The van der Waals surface area contributed by atoms with Crippen molar-refractivity contribution in [2.24, 2.45) is 0 Å². The van der Waals surface area contributed by atoms with Crippen molar-refractivity contribution < 1.29 is 9.53 Å². The molecule has 3 heterocycles. The Morgan fingerprint density at radius 3 is 3.10 bits per heavy atom. The zero-order valence-electron chi connectivity index (χ0n) is 10.7. The normalized spacial score (nSPS) is 16.4. The largest absolute Gasteiger partial charge is 0.379 e. The van der Waals surface area contributed by atoms with Crippen LogP contribution in [0.15, 0.2) is 16.7 Å². The lowest BCUT2D eigenvalue weighted by molar-refractivity contribution is -0.118. The first-order valence-electron chi connectivity index (χ1n) is 6.32. The number of aromatic nitrogens is 3. The molecule has 8 heteroatoms. The first-order valence-corrected chi connectivity index (χ1v) is 7.11.